The van der Waals surface area contributed by atoms with Crippen molar-refractivity contribution in [3.8, 4) is 5.69 Å². The molecule has 1 aliphatic heterocycles. The lowest BCUT2D eigenvalue weighted by atomic mass is 10.3. The van der Waals surface area contributed by atoms with Crippen molar-refractivity contribution in [2.45, 2.75) is 30.6 Å². The Bertz CT molecular complexity index is 1130. The van der Waals surface area contributed by atoms with Crippen LogP contribution in [0.2, 0.25) is 0 Å². The summed E-state index contributed by atoms with van der Waals surface area (Å²) >= 11 is 2.79. The van der Waals surface area contributed by atoms with Gasteiger partial charge in [0, 0.05) is 13.1 Å². The van der Waals surface area contributed by atoms with Crippen molar-refractivity contribution in [2.24, 2.45) is 0 Å². The lowest BCUT2D eigenvalue weighted by Crippen LogP contribution is -2.42. The highest BCUT2D eigenvalue weighted by Crippen LogP contribution is 2.27. The number of para-hydroxylation sites is 1. The molecule has 0 bridgehead atoms. The van der Waals surface area contributed by atoms with Crippen LogP contribution in [0.5, 0.6) is 0 Å². The molecule has 1 fully saturated rings. The van der Waals surface area contributed by atoms with E-state index in [1.807, 2.05) is 13.0 Å². The molecule has 3 heterocycles. The fourth-order valence-electron chi connectivity index (χ4n) is 3.35. The van der Waals surface area contributed by atoms with Gasteiger partial charge in [0.15, 0.2) is 9.99 Å². The molecule has 4 rings (SSSR count). The number of hydrogen-bond acceptors (Lipinski definition) is 6. The SMILES string of the molecule is CCSc1nc2c(s1)c(=O)n(-c1ccccc1)c(=O)n2CC(=O)N1CCCC1. The molecule has 0 unspecified atom stereocenters. The van der Waals surface area contributed by atoms with Crippen LogP contribution in [0.1, 0.15) is 19.8 Å². The van der Waals surface area contributed by atoms with E-state index in [-0.39, 0.29) is 12.5 Å². The van der Waals surface area contributed by atoms with Crippen LogP contribution in [0.4, 0.5) is 0 Å². The van der Waals surface area contributed by atoms with Crippen molar-refractivity contribution in [3.05, 3.63) is 51.2 Å². The molecule has 0 spiro atoms. The normalized spacial score (nSPS) is 14.1. The van der Waals surface area contributed by atoms with Crippen molar-refractivity contribution < 1.29 is 4.79 Å². The Hall–Kier alpha value is -2.39. The topological polar surface area (TPSA) is 77.2 Å². The number of carbonyl (C=O) groups excluding carboxylic acids is 1. The van der Waals surface area contributed by atoms with E-state index in [0.717, 1.165) is 27.5 Å². The monoisotopic (exact) mass is 416 g/mol. The van der Waals surface area contributed by atoms with Crippen LogP contribution >= 0.6 is 23.1 Å². The molecule has 7 nitrogen and oxygen atoms in total. The number of nitrogens with zero attached hydrogens (tertiary/aromatic N) is 4. The highest BCUT2D eigenvalue weighted by Gasteiger charge is 2.23. The van der Waals surface area contributed by atoms with Gasteiger partial charge in [0.05, 0.1) is 5.69 Å². The van der Waals surface area contributed by atoms with E-state index >= 15 is 0 Å². The van der Waals surface area contributed by atoms with Gasteiger partial charge in [-0.2, -0.15) is 0 Å². The van der Waals surface area contributed by atoms with E-state index < -0.39 is 11.2 Å². The first kappa shape index (κ1) is 18.9. The number of benzene rings is 1. The Morgan fingerprint density at radius 3 is 2.57 bits per heavy atom. The number of carbonyl (C=O) groups is 1. The van der Waals surface area contributed by atoms with Crippen LogP contribution in [0.3, 0.4) is 0 Å². The van der Waals surface area contributed by atoms with Crippen molar-refractivity contribution in [3.63, 3.8) is 0 Å². The number of aromatic nitrogens is 3. The summed E-state index contributed by atoms with van der Waals surface area (Å²) in [5.74, 6) is 0.695. The summed E-state index contributed by atoms with van der Waals surface area (Å²) in [5, 5.41) is 0. The zero-order valence-corrected chi connectivity index (χ0v) is 17.1. The molecular formula is C19H20N4O3S2. The molecule has 0 aliphatic carbocycles. The van der Waals surface area contributed by atoms with Gasteiger partial charge in [-0.05, 0) is 30.7 Å². The molecule has 1 saturated heterocycles. The van der Waals surface area contributed by atoms with E-state index in [1.165, 1.54) is 27.7 Å². The number of likely N-dealkylation sites (tertiary alicyclic amines) is 1. The van der Waals surface area contributed by atoms with E-state index in [9.17, 15) is 14.4 Å². The zero-order chi connectivity index (χ0) is 19.7. The van der Waals surface area contributed by atoms with Crippen LogP contribution in [-0.4, -0.2) is 43.8 Å². The molecule has 1 amide bonds. The average molecular weight is 417 g/mol. The number of rotatable bonds is 5. The average Bonchev–Trinajstić information content (AvgIpc) is 3.37. The second-order valence-electron chi connectivity index (χ2n) is 6.50. The fraction of sp³-hybridized carbons (Fsp3) is 0.368. The molecule has 0 N–H and O–H groups in total. The molecule has 146 valence electrons. The molecule has 28 heavy (non-hydrogen) atoms. The van der Waals surface area contributed by atoms with Gasteiger partial charge in [-0.15, -0.1) is 11.3 Å². The predicted octanol–water partition coefficient (Wildman–Crippen LogP) is 2.34. The summed E-state index contributed by atoms with van der Waals surface area (Å²) in [6.45, 7) is 3.32. The molecule has 1 aromatic carbocycles. The molecular weight excluding hydrogens is 396 g/mol. The largest absolute Gasteiger partial charge is 0.341 e. The Balaban J connectivity index is 1.91. The minimum Gasteiger partial charge on any atom is -0.341 e. The van der Waals surface area contributed by atoms with Crippen molar-refractivity contribution in [2.75, 3.05) is 18.8 Å². The highest BCUT2D eigenvalue weighted by atomic mass is 32.2. The Kier molecular flexibility index (Phi) is 5.36. The van der Waals surface area contributed by atoms with Gasteiger partial charge in [-0.25, -0.2) is 14.3 Å². The van der Waals surface area contributed by atoms with Gasteiger partial charge in [0.2, 0.25) is 5.91 Å². The summed E-state index contributed by atoms with van der Waals surface area (Å²) in [6, 6.07) is 8.80. The van der Waals surface area contributed by atoms with E-state index in [0.29, 0.717) is 29.1 Å². The van der Waals surface area contributed by atoms with Gasteiger partial charge in [0.25, 0.3) is 5.56 Å². The lowest BCUT2D eigenvalue weighted by molar-refractivity contribution is -0.130. The predicted molar refractivity (Wildman–Crippen MR) is 112 cm³/mol. The van der Waals surface area contributed by atoms with E-state index in [2.05, 4.69) is 4.98 Å². The second kappa shape index (κ2) is 7.92. The first-order chi connectivity index (χ1) is 13.6. The number of hydrogen-bond donors (Lipinski definition) is 0. The number of amides is 1. The summed E-state index contributed by atoms with van der Waals surface area (Å²) in [4.78, 5) is 45.3. The molecule has 9 heteroatoms. The first-order valence-electron chi connectivity index (χ1n) is 9.22. The summed E-state index contributed by atoms with van der Waals surface area (Å²) in [5.41, 5.74) is -0.137. The third-order valence-electron chi connectivity index (χ3n) is 4.70. The highest BCUT2D eigenvalue weighted by molar-refractivity contribution is 8.01. The summed E-state index contributed by atoms with van der Waals surface area (Å²) < 4.78 is 3.61. The van der Waals surface area contributed by atoms with Crippen molar-refractivity contribution >= 4 is 39.4 Å². The maximum atomic E-state index is 13.2. The van der Waals surface area contributed by atoms with Crippen LogP contribution < -0.4 is 11.2 Å². The molecule has 0 radical (unpaired) electrons. The van der Waals surface area contributed by atoms with Crippen LogP contribution in [0.25, 0.3) is 16.0 Å². The van der Waals surface area contributed by atoms with Gasteiger partial charge in [0.1, 0.15) is 11.2 Å². The zero-order valence-electron chi connectivity index (χ0n) is 15.5. The van der Waals surface area contributed by atoms with Gasteiger partial charge < -0.3 is 4.90 Å². The standard InChI is InChI=1S/C19H20N4O3S2/c1-2-27-18-20-16-15(28-18)17(25)23(13-8-4-3-5-9-13)19(26)22(16)12-14(24)21-10-6-7-11-21/h3-5,8-9H,2,6-7,10-12H2,1H3. The Morgan fingerprint density at radius 2 is 1.89 bits per heavy atom. The molecule has 0 saturated carbocycles. The first-order valence-corrected chi connectivity index (χ1v) is 11.0. The van der Waals surface area contributed by atoms with Crippen LogP contribution in [-0.2, 0) is 11.3 Å². The molecule has 1 aliphatic rings. The molecule has 0 atom stereocenters. The summed E-state index contributed by atoms with van der Waals surface area (Å²) in [6.07, 6.45) is 1.96. The molecule has 2 aromatic heterocycles. The smallest absolute Gasteiger partial charge is 0.337 e. The Morgan fingerprint density at radius 1 is 1.18 bits per heavy atom. The second-order valence-corrected chi connectivity index (χ2v) is 9.01. The van der Waals surface area contributed by atoms with Crippen molar-refractivity contribution in [1.29, 1.82) is 0 Å². The minimum absolute atomic E-state index is 0.109. The lowest BCUT2D eigenvalue weighted by Gasteiger charge is -2.17. The number of fused-ring (bicyclic) bond motifs is 1. The third kappa shape index (κ3) is 3.40. The van der Waals surface area contributed by atoms with Crippen molar-refractivity contribution in [1.82, 2.24) is 19.0 Å². The maximum Gasteiger partial charge on any atom is 0.337 e. The van der Waals surface area contributed by atoms with Crippen LogP contribution in [0.15, 0.2) is 44.3 Å². The number of thiazole rings is 1. The quantitative estimate of drug-likeness (QED) is 0.597. The van der Waals surface area contributed by atoms with E-state index in [4.69, 9.17) is 0 Å². The third-order valence-corrected chi connectivity index (χ3v) is 6.76. The van der Waals surface area contributed by atoms with Gasteiger partial charge in [-0.1, -0.05) is 36.9 Å². The fourth-order valence-corrected chi connectivity index (χ4v) is 5.32. The van der Waals surface area contributed by atoms with Gasteiger partial charge >= 0.3 is 5.69 Å². The molecule has 3 aromatic rings. The minimum atomic E-state index is -0.533. The van der Waals surface area contributed by atoms with Crippen LogP contribution in [0, 0.1) is 0 Å². The van der Waals surface area contributed by atoms with E-state index in [1.54, 1.807) is 29.2 Å². The number of thioether (sulfide) groups is 1. The maximum absolute atomic E-state index is 13.2. The summed E-state index contributed by atoms with van der Waals surface area (Å²) in [7, 11) is 0. The Labute approximate surface area is 169 Å². The van der Waals surface area contributed by atoms with Gasteiger partial charge in [-0.3, -0.25) is 14.2 Å².